The first kappa shape index (κ1) is 17.2. The van der Waals surface area contributed by atoms with E-state index in [0.717, 1.165) is 6.54 Å². The second-order valence-corrected chi connectivity index (χ2v) is 6.86. The first-order chi connectivity index (χ1) is 9.34. The maximum absolute atomic E-state index is 6.61. The number of benzene rings is 1. The zero-order valence-corrected chi connectivity index (χ0v) is 14.0. The molecule has 0 saturated heterocycles. The van der Waals surface area contributed by atoms with Crippen LogP contribution in [0.25, 0.3) is 0 Å². The quantitative estimate of drug-likeness (QED) is 0.813. The first-order valence-corrected chi connectivity index (χ1v) is 7.90. The van der Waals surface area contributed by atoms with Crippen molar-refractivity contribution < 1.29 is 0 Å². The SMILES string of the molecule is CC(C)CN(C(C)C)C(C(C)C)C(N)c1ccccc1. The van der Waals surface area contributed by atoms with Gasteiger partial charge in [0.25, 0.3) is 0 Å². The fourth-order valence-electron chi connectivity index (χ4n) is 2.97. The van der Waals surface area contributed by atoms with Gasteiger partial charge in [-0.3, -0.25) is 4.90 Å². The highest BCUT2D eigenvalue weighted by Crippen LogP contribution is 2.27. The summed E-state index contributed by atoms with van der Waals surface area (Å²) in [6.45, 7) is 14.8. The Kier molecular flexibility index (Phi) is 6.70. The highest BCUT2D eigenvalue weighted by molar-refractivity contribution is 5.20. The average molecular weight is 276 g/mol. The molecule has 0 aromatic heterocycles. The Morgan fingerprint density at radius 3 is 1.90 bits per heavy atom. The van der Waals surface area contributed by atoms with Gasteiger partial charge in [0.05, 0.1) is 0 Å². The van der Waals surface area contributed by atoms with Crippen LogP contribution in [0.3, 0.4) is 0 Å². The zero-order valence-electron chi connectivity index (χ0n) is 14.0. The molecule has 2 atom stereocenters. The van der Waals surface area contributed by atoms with Crippen molar-refractivity contribution in [2.24, 2.45) is 17.6 Å². The van der Waals surface area contributed by atoms with Gasteiger partial charge >= 0.3 is 0 Å². The van der Waals surface area contributed by atoms with Gasteiger partial charge in [-0.15, -0.1) is 0 Å². The summed E-state index contributed by atoms with van der Waals surface area (Å²) in [6, 6.07) is 11.5. The van der Waals surface area contributed by atoms with Crippen LogP contribution in [0.5, 0.6) is 0 Å². The van der Waals surface area contributed by atoms with Gasteiger partial charge in [-0.2, -0.15) is 0 Å². The molecule has 0 aliphatic rings. The summed E-state index contributed by atoms with van der Waals surface area (Å²) in [5.41, 5.74) is 7.85. The van der Waals surface area contributed by atoms with E-state index in [-0.39, 0.29) is 6.04 Å². The second-order valence-electron chi connectivity index (χ2n) is 6.86. The number of hydrogen-bond acceptors (Lipinski definition) is 2. The van der Waals surface area contributed by atoms with Crippen LogP contribution in [-0.2, 0) is 0 Å². The van der Waals surface area contributed by atoms with Crippen LogP contribution in [0.2, 0.25) is 0 Å². The number of rotatable bonds is 7. The molecule has 0 saturated carbocycles. The number of nitrogens with zero attached hydrogens (tertiary/aromatic N) is 1. The zero-order chi connectivity index (χ0) is 15.3. The summed E-state index contributed by atoms with van der Waals surface area (Å²) in [5.74, 6) is 1.19. The maximum Gasteiger partial charge on any atom is 0.0455 e. The molecule has 2 N–H and O–H groups in total. The largest absolute Gasteiger partial charge is 0.323 e. The molecule has 0 bridgehead atoms. The van der Waals surface area contributed by atoms with Crippen molar-refractivity contribution in [3.63, 3.8) is 0 Å². The van der Waals surface area contributed by atoms with Crippen LogP contribution in [0.15, 0.2) is 30.3 Å². The van der Waals surface area contributed by atoms with E-state index >= 15 is 0 Å². The van der Waals surface area contributed by atoms with E-state index in [2.05, 4.69) is 76.8 Å². The Labute approximate surface area is 125 Å². The van der Waals surface area contributed by atoms with Crippen molar-refractivity contribution in [1.82, 2.24) is 4.90 Å². The average Bonchev–Trinajstić information content (AvgIpc) is 2.37. The Morgan fingerprint density at radius 2 is 1.50 bits per heavy atom. The minimum absolute atomic E-state index is 0.0670. The van der Waals surface area contributed by atoms with E-state index in [9.17, 15) is 0 Å². The van der Waals surface area contributed by atoms with Crippen molar-refractivity contribution in [1.29, 1.82) is 0 Å². The summed E-state index contributed by atoms with van der Waals surface area (Å²) >= 11 is 0. The van der Waals surface area contributed by atoms with Crippen LogP contribution in [-0.4, -0.2) is 23.5 Å². The maximum atomic E-state index is 6.61. The van der Waals surface area contributed by atoms with Gasteiger partial charge in [-0.05, 0) is 31.2 Å². The minimum Gasteiger partial charge on any atom is -0.323 e. The molecule has 2 nitrogen and oxygen atoms in total. The highest BCUT2D eigenvalue weighted by Gasteiger charge is 2.30. The fraction of sp³-hybridized carbons (Fsp3) is 0.667. The molecule has 0 amide bonds. The molecule has 2 heteroatoms. The van der Waals surface area contributed by atoms with Gasteiger partial charge in [-0.25, -0.2) is 0 Å². The number of hydrogen-bond donors (Lipinski definition) is 1. The molecular formula is C18H32N2. The van der Waals surface area contributed by atoms with E-state index in [4.69, 9.17) is 5.73 Å². The van der Waals surface area contributed by atoms with Gasteiger partial charge in [0, 0.05) is 24.7 Å². The van der Waals surface area contributed by atoms with Gasteiger partial charge in [-0.1, -0.05) is 58.0 Å². The van der Waals surface area contributed by atoms with E-state index in [1.807, 2.05) is 0 Å². The van der Waals surface area contributed by atoms with Gasteiger partial charge in [0.15, 0.2) is 0 Å². The van der Waals surface area contributed by atoms with Crippen LogP contribution in [0.4, 0.5) is 0 Å². The Morgan fingerprint density at radius 1 is 0.950 bits per heavy atom. The molecule has 1 aromatic rings. The van der Waals surface area contributed by atoms with Crippen LogP contribution < -0.4 is 5.73 Å². The Balaban J connectivity index is 3.02. The topological polar surface area (TPSA) is 29.3 Å². The van der Waals surface area contributed by atoms with E-state index in [0.29, 0.717) is 23.9 Å². The lowest BCUT2D eigenvalue weighted by Gasteiger charge is -2.42. The van der Waals surface area contributed by atoms with Crippen molar-refractivity contribution in [2.45, 2.75) is 59.7 Å². The normalized spacial score (nSPS) is 15.3. The molecule has 0 aliphatic carbocycles. The predicted molar refractivity (Wildman–Crippen MR) is 88.7 cm³/mol. The number of nitrogens with two attached hydrogens (primary N) is 1. The fourth-order valence-corrected chi connectivity index (χ4v) is 2.97. The van der Waals surface area contributed by atoms with Crippen LogP contribution >= 0.6 is 0 Å². The van der Waals surface area contributed by atoms with Crippen molar-refractivity contribution in [2.75, 3.05) is 6.54 Å². The van der Waals surface area contributed by atoms with E-state index in [1.165, 1.54) is 5.56 Å². The van der Waals surface area contributed by atoms with Crippen LogP contribution in [0.1, 0.15) is 53.1 Å². The standard InChI is InChI=1S/C18H32N2/c1-13(2)12-20(15(5)6)18(14(3)4)17(19)16-10-8-7-9-11-16/h7-11,13-15,17-18H,12,19H2,1-6H3. The van der Waals surface area contributed by atoms with Crippen molar-refractivity contribution in [3.8, 4) is 0 Å². The van der Waals surface area contributed by atoms with Gasteiger partial charge in [0.1, 0.15) is 0 Å². The van der Waals surface area contributed by atoms with Gasteiger partial charge < -0.3 is 5.73 Å². The first-order valence-electron chi connectivity index (χ1n) is 7.90. The summed E-state index contributed by atoms with van der Waals surface area (Å²) in [5, 5.41) is 0. The van der Waals surface area contributed by atoms with E-state index < -0.39 is 0 Å². The summed E-state index contributed by atoms with van der Waals surface area (Å²) in [6.07, 6.45) is 0. The third-order valence-corrected chi connectivity index (χ3v) is 3.86. The predicted octanol–water partition coefficient (Wildman–Crippen LogP) is 4.08. The molecule has 1 aromatic carbocycles. The molecular weight excluding hydrogens is 244 g/mol. The smallest absolute Gasteiger partial charge is 0.0455 e. The lowest BCUT2D eigenvalue weighted by Crippen LogP contribution is -2.50. The van der Waals surface area contributed by atoms with Crippen molar-refractivity contribution in [3.05, 3.63) is 35.9 Å². The summed E-state index contributed by atoms with van der Waals surface area (Å²) in [4.78, 5) is 2.58. The molecule has 0 spiro atoms. The van der Waals surface area contributed by atoms with Crippen LogP contribution in [0, 0.1) is 11.8 Å². The minimum atomic E-state index is 0.0670. The van der Waals surface area contributed by atoms with Gasteiger partial charge in [0.2, 0.25) is 0 Å². The molecule has 0 fully saturated rings. The molecule has 114 valence electrons. The van der Waals surface area contributed by atoms with Crippen molar-refractivity contribution >= 4 is 0 Å². The molecule has 0 heterocycles. The molecule has 20 heavy (non-hydrogen) atoms. The molecule has 2 unspecified atom stereocenters. The molecule has 0 radical (unpaired) electrons. The second kappa shape index (κ2) is 7.80. The third-order valence-electron chi connectivity index (χ3n) is 3.86. The Hall–Kier alpha value is -0.860. The molecule has 0 aliphatic heterocycles. The van der Waals surface area contributed by atoms with E-state index in [1.54, 1.807) is 0 Å². The third kappa shape index (κ3) is 4.60. The molecule has 1 rings (SSSR count). The summed E-state index contributed by atoms with van der Waals surface area (Å²) in [7, 11) is 0. The Bertz CT molecular complexity index is 370. The lowest BCUT2D eigenvalue weighted by molar-refractivity contribution is 0.0838. The summed E-state index contributed by atoms with van der Waals surface area (Å²) < 4.78 is 0. The lowest BCUT2D eigenvalue weighted by atomic mass is 9.89. The highest BCUT2D eigenvalue weighted by atomic mass is 15.2. The monoisotopic (exact) mass is 276 g/mol.